The summed E-state index contributed by atoms with van der Waals surface area (Å²) in [5, 5.41) is 8.74. The van der Waals surface area contributed by atoms with Gasteiger partial charge in [0, 0.05) is 26.0 Å². The normalized spacial score (nSPS) is 10.2. The number of aliphatic carboxylic acids is 1. The quantitative estimate of drug-likeness (QED) is 0.667. The summed E-state index contributed by atoms with van der Waals surface area (Å²) in [5.41, 5.74) is -0.558. The molecule has 1 aromatic rings. The number of amides is 1. The lowest BCUT2D eigenvalue weighted by atomic mass is 10.4. The monoisotopic (exact) mass is 269 g/mol. The Morgan fingerprint density at radius 3 is 2.84 bits per heavy atom. The molecule has 0 saturated heterocycles. The van der Waals surface area contributed by atoms with Crippen molar-refractivity contribution in [3.8, 4) is 0 Å². The third-order valence-corrected chi connectivity index (χ3v) is 2.33. The van der Waals surface area contributed by atoms with Crippen molar-refractivity contribution in [3.63, 3.8) is 0 Å². The lowest BCUT2D eigenvalue weighted by molar-refractivity contribution is -0.145. The minimum absolute atomic E-state index is 0.149. The van der Waals surface area contributed by atoms with Gasteiger partial charge in [-0.25, -0.2) is 9.78 Å². The van der Waals surface area contributed by atoms with Crippen LogP contribution in [0.15, 0.2) is 23.3 Å². The molecule has 1 heterocycles. The van der Waals surface area contributed by atoms with Crippen LogP contribution in [0.4, 0.5) is 0 Å². The third-order valence-electron chi connectivity index (χ3n) is 2.33. The number of carboxylic acids is 1. The molecule has 0 atom stereocenters. The van der Waals surface area contributed by atoms with E-state index in [-0.39, 0.29) is 19.7 Å². The first-order chi connectivity index (χ1) is 9.04. The van der Waals surface area contributed by atoms with Gasteiger partial charge in [0.2, 0.25) is 5.91 Å². The summed E-state index contributed by atoms with van der Waals surface area (Å²) in [6, 6.07) is 1.52. The Bertz CT molecular complexity index is 499. The molecule has 0 radical (unpaired) electrons. The van der Waals surface area contributed by atoms with E-state index < -0.39 is 24.1 Å². The van der Waals surface area contributed by atoms with Crippen molar-refractivity contribution in [3.05, 3.63) is 28.9 Å². The predicted octanol–water partition coefficient (Wildman–Crippen LogP) is -1.20. The first-order valence-corrected chi connectivity index (χ1v) is 5.54. The summed E-state index contributed by atoms with van der Waals surface area (Å²) in [6.07, 6.45) is 2.74. The Hall–Kier alpha value is -2.22. The molecule has 0 aromatic carbocycles. The van der Waals surface area contributed by atoms with E-state index in [4.69, 9.17) is 9.84 Å². The van der Waals surface area contributed by atoms with Crippen LogP contribution in [0.1, 0.15) is 0 Å². The van der Waals surface area contributed by atoms with E-state index in [1.165, 1.54) is 25.6 Å². The van der Waals surface area contributed by atoms with Gasteiger partial charge in [0.25, 0.3) is 0 Å². The zero-order valence-corrected chi connectivity index (χ0v) is 10.5. The van der Waals surface area contributed by atoms with Gasteiger partial charge < -0.3 is 14.7 Å². The molecule has 19 heavy (non-hydrogen) atoms. The smallest absolute Gasteiger partial charge is 0.347 e. The fraction of sp³-hybridized carbons (Fsp3) is 0.455. The Morgan fingerprint density at radius 1 is 1.53 bits per heavy atom. The number of ether oxygens (including phenoxy) is 1. The zero-order valence-electron chi connectivity index (χ0n) is 10.5. The van der Waals surface area contributed by atoms with Crippen LogP contribution in [0, 0.1) is 0 Å². The summed E-state index contributed by atoms with van der Waals surface area (Å²) in [7, 11) is 1.45. The second-order valence-corrected chi connectivity index (χ2v) is 3.73. The average molecular weight is 269 g/mol. The topological polar surface area (TPSA) is 102 Å². The number of methoxy groups -OCH3 is 1. The van der Waals surface area contributed by atoms with Crippen LogP contribution >= 0.6 is 0 Å². The molecular weight excluding hydrogens is 254 g/mol. The first kappa shape index (κ1) is 14.8. The van der Waals surface area contributed by atoms with Gasteiger partial charge in [-0.05, 0) is 6.07 Å². The molecule has 0 bridgehead atoms. The molecular formula is C11H15N3O5. The van der Waals surface area contributed by atoms with E-state index in [2.05, 4.69) is 4.98 Å². The van der Waals surface area contributed by atoms with E-state index in [1.54, 1.807) is 0 Å². The standard InChI is InChI=1S/C11H15N3O5/c1-19-6-5-13(8-10(16)17)9(15)7-14-4-2-3-12-11(14)18/h2-4H,5-8H2,1H3,(H,16,17). The largest absolute Gasteiger partial charge is 0.480 e. The molecule has 8 heteroatoms. The van der Waals surface area contributed by atoms with Crippen LogP contribution in [0.5, 0.6) is 0 Å². The number of carboxylic acid groups (broad SMARTS) is 1. The molecule has 0 saturated carbocycles. The first-order valence-electron chi connectivity index (χ1n) is 5.54. The van der Waals surface area contributed by atoms with Gasteiger partial charge in [-0.1, -0.05) is 0 Å². The van der Waals surface area contributed by atoms with Gasteiger partial charge >= 0.3 is 11.7 Å². The Morgan fingerprint density at radius 2 is 2.26 bits per heavy atom. The maximum absolute atomic E-state index is 11.9. The molecule has 1 rings (SSSR count). The fourth-order valence-electron chi connectivity index (χ4n) is 1.41. The molecule has 0 unspecified atom stereocenters. The Balaban J connectivity index is 2.73. The van der Waals surface area contributed by atoms with Crippen LogP contribution in [0.3, 0.4) is 0 Å². The van der Waals surface area contributed by atoms with Crippen molar-refractivity contribution in [1.29, 1.82) is 0 Å². The highest BCUT2D eigenvalue weighted by Gasteiger charge is 2.17. The third kappa shape index (κ3) is 4.88. The predicted molar refractivity (Wildman–Crippen MR) is 64.6 cm³/mol. The SMILES string of the molecule is COCCN(CC(=O)O)C(=O)Cn1cccnc1=O. The number of rotatable bonds is 7. The molecule has 8 nitrogen and oxygen atoms in total. The molecule has 0 aliphatic rings. The van der Waals surface area contributed by atoms with Gasteiger partial charge in [0.15, 0.2) is 0 Å². The van der Waals surface area contributed by atoms with E-state index in [0.29, 0.717) is 0 Å². The van der Waals surface area contributed by atoms with Crippen molar-refractivity contribution in [1.82, 2.24) is 14.5 Å². The minimum Gasteiger partial charge on any atom is -0.480 e. The molecule has 104 valence electrons. The lowest BCUT2D eigenvalue weighted by Crippen LogP contribution is -2.41. The maximum atomic E-state index is 11.9. The molecule has 0 spiro atoms. The summed E-state index contributed by atoms with van der Waals surface area (Å²) < 4.78 is 5.93. The van der Waals surface area contributed by atoms with Crippen LogP contribution in [0.2, 0.25) is 0 Å². The number of carbonyl (C=O) groups excluding carboxylic acids is 1. The van der Waals surface area contributed by atoms with Gasteiger partial charge in [-0.2, -0.15) is 0 Å². The number of hydrogen-bond donors (Lipinski definition) is 1. The summed E-state index contributed by atoms with van der Waals surface area (Å²) in [6.45, 7) is -0.307. The number of aromatic nitrogens is 2. The number of nitrogens with zero attached hydrogens (tertiary/aromatic N) is 3. The van der Waals surface area contributed by atoms with Gasteiger partial charge in [-0.15, -0.1) is 0 Å². The number of hydrogen-bond acceptors (Lipinski definition) is 5. The van der Waals surface area contributed by atoms with Crippen molar-refractivity contribution in [2.75, 3.05) is 26.8 Å². The molecule has 0 aliphatic carbocycles. The van der Waals surface area contributed by atoms with E-state index in [9.17, 15) is 14.4 Å². The molecule has 1 N–H and O–H groups in total. The Labute approximate surface area is 109 Å². The van der Waals surface area contributed by atoms with Crippen LogP contribution in [-0.4, -0.2) is 58.2 Å². The second kappa shape index (κ2) is 7.27. The van der Waals surface area contributed by atoms with E-state index in [0.717, 1.165) is 9.47 Å². The van der Waals surface area contributed by atoms with Crippen molar-refractivity contribution in [2.45, 2.75) is 6.54 Å². The molecule has 1 amide bonds. The van der Waals surface area contributed by atoms with Crippen molar-refractivity contribution < 1.29 is 19.4 Å². The molecule has 0 fully saturated rings. The summed E-state index contributed by atoms with van der Waals surface area (Å²) >= 11 is 0. The summed E-state index contributed by atoms with van der Waals surface area (Å²) in [4.78, 5) is 38.6. The zero-order chi connectivity index (χ0) is 14.3. The summed E-state index contributed by atoms with van der Waals surface area (Å²) in [5.74, 6) is -1.60. The highest BCUT2D eigenvalue weighted by Crippen LogP contribution is 1.93. The Kier molecular flexibility index (Phi) is 5.68. The van der Waals surface area contributed by atoms with Crippen LogP contribution < -0.4 is 5.69 Å². The maximum Gasteiger partial charge on any atom is 0.347 e. The highest BCUT2D eigenvalue weighted by molar-refractivity contribution is 5.81. The van der Waals surface area contributed by atoms with Crippen molar-refractivity contribution in [2.24, 2.45) is 0 Å². The second-order valence-electron chi connectivity index (χ2n) is 3.73. The van der Waals surface area contributed by atoms with Crippen LogP contribution in [0.25, 0.3) is 0 Å². The highest BCUT2D eigenvalue weighted by atomic mass is 16.5. The van der Waals surface area contributed by atoms with Gasteiger partial charge in [-0.3, -0.25) is 14.2 Å². The molecule has 0 aliphatic heterocycles. The van der Waals surface area contributed by atoms with Gasteiger partial charge in [0.1, 0.15) is 13.1 Å². The lowest BCUT2D eigenvalue weighted by Gasteiger charge is -2.20. The van der Waals surface area contributed by atoms with Crippen LogP contribution in [-0.2, 0) is 20.9 Å². The van der Waals surface area contributed by atoms with Crippen molar-refractivity contribution >= 4 is 11.9 Å². The average Bonchev–Trinajstić information content (AvgIpc) is 2.36. The number of carbonyl (C=O) groups is 2. The van der Waals surface area contributed by atoms with E-state index in [1.807, 2.05) is 0 Å². The minimum atomic E-state index is -1.12. The fourth-order valence-corrected chi connectivity index (χ4v) is 1.41. The van der Waals surface area contributed by atoms with E-state index >= 15 is 0 Å². The van der Waals surface area contributed by atoms with Gasteiger partial charge in [0.05, 0.1) is 6.61 Å². The molecule has 1 aromatic heterocycles.